The van der Waals surface area contributed by atoms with E-state index >= 15 is 0 Å². The molecule has 0 heterocycles. The zero-order valence-electron chi connectivity index (χ0n) is 23.1. The number of benzene rings is 2. The Hall–Kier alpha value is -4.21. The molecule has 210 valence electrons. The first-order valence-corrected chi connectivity index (χ1v) is 12.8. The molecule has 2 aromatic carbocycles. The third-order valence-corrected chi connectivity index (χ3v) is 5.61. The van der Waals surface area contributed by atoms with E-state index in [1.807, 2.05) is 13.0 Å². The topological polar surface area (TPSA) is 132 Å². The summed E-state index contributed by atoms with van der Waals surface area (Å²) in [6, 6.07) is 7.02. The third kappa shape index (κ3) is 7.01. The minimum atomic E-state index is -1.06. The van der Waals surface area contributed by atoms with Crippen molar-refractivity contribution in [2.24, 2.45) is 0 Å². The zero-order valence-corrected chi connectivity index (χ0v) is 23.1. The molecule has 0 aliphatic rings. The van der Waals surface area contributed by atoms with Crippen molar-refractivity contribution in [3.63, 3.8) is 0 Å². The van der Waals surface area contributed by atoms with Gasteiger partial charge in [0.2, 0.25) is 0 Å². The molecule has 0 unspecified atom stereocenters. The second-order valence-corrected chi connectivity index (χ2v) is 8.03. The molecular formula is C29H34O10. The van der Waals surface area contributed by atoms with E-state index in [1.165, 1.54) is 6.92 Å². The molecule has 0 fully saturated rings. The molecule has 0 amide bonds. The van der Waals surface area contributed by atoms with Crippen LogP contribution >= 0.6 is 0 Å². The van der Waals surface area contributed by atoms with Gasteiger partial charge in [-0.1, -0.05) is 31.2 Å². The number of ether oxygens (including phenoxy) is 5. The van der Waals surface area contributed by atoms with Crippen molar-refractivity contribution in [3.05, 3.63) is 57.6 Å². The van der Waals surface area contributed by atoms with Gasteiger partial charge in [-0.25, -0.2) is 19.2 Å². The lowest BCUT2D eigenvalue weighted by molar-refractivity contribution is -0.142. The van der Waals surface area contributed by atoms with Crippen molar-refractivity contribution in [2.75, 3.05) is 26.4 Å². The van der Waals surface area contributed by atoms with Crippen molar-refractivity contribution in [1.29, 1.82) is 0 Å². The van der Waals surface area contributed by atoms with Gasteiger partial charge >= 0.3 is 29.8 Å². The number of hydrogen-bond acceptors (Lipinski definition) is 10. The summed E-state index contributed by atoms with van der Waals surface area (Å²) in [5.41, 5.74) is -0.406. The van der Waals surface area contributed by atoms with E-state index in [4.69, 9.17) is 23.7 Å². The standard InChI is InChI=1S/C29H34O10/c1-7-18-14-12-13-15-19(18)21-20(16-39-17(6)30)22(26(31)35-8-2)24(28(33)37-10-4)25(29(34)38-11-5)23(21)27(32)36-9-3/h12-15H,7-11,16H2,1-6H3. The van der Waals surface area contributed by atoms with E-state index in [2.05, 4.69) is 0 Å². The van der Waals surface area contributed by atoms with E-state index in [0.717, 1.165) is 5.56 Å². The van der Waals surface area contributed by atoms with E-state index in [9.17, 15) is 24.0 Å². The Bertz CT molecular complexity index is 1250. The van der Waals surface area contributed by atoms with E-state index in [0.29, 0.717) is 12.0 Å². The minimum Gasteiger partial charge on any atom is -0.462 e. The quantitative estimate of drug-likeness (QED) is 0.275. The molecule has 0 aliphatic carbocycles. The van der Waals surface area contributed by atoms with Crippen molar-refractivity contribution >= 4 is 29.8 Å². The van der Waals surface area contributed by atoms with E-state index in [-0.39, 0.29) is 48.7 Å². The fourth-order valence-electron chi connectivity index (χ4n) is 4.14. The number of hydrogen-bond donors (Lipinski definition) is 0. The smallest absolute Gasteiger partial charge is 0.339 e. The van der Waals surface area contributed by atoms with Gasteiger partial charge in [0.15, 0.2) is 0 Å². The normalized spacial score (nSPS) is 10.4. The fraction of sp³-hybridized carbons (Fsp3) is 0.414. The lowest BCUT2D eigenvalue weighted by Crippen LogP contribution is -2.27. The molecule has 0 radical (unpaired) electrons. The molecule has 39 heavy (non-hydrogen) atoms. The maximum atomic E-state index is 13.6. The maximum absolute atomic E-state index is 13.6. The summed E-state index contributed by atoms with van der Waals surface area (Å²) in [7, 11) is 0. The second kappa shape index (κ2) is 14.7. The highest BCUT2D eigenvalue weighted by atomic mass is 16.6. The van der Waals surface area contributed by atoms with Gasteiger partial charge in [0.05, 0.1) is 48.7 Å². The summed E-state index contributed by atoms with van der Waals surface area (Å²) in [5, 5.41) is 0. The van der Waals surface area contributed by atoms with Crippen LogP contribution in [0.2, 0.25) is 0 Å². The van der Waals surface area contributed by atoms with Crippen molar-refractivity contribution < 1.29 is 47.7 Å². The van der Waals surface area contributed by atoms with Crippen molar-refractivity contribution in [2.45, 2.75) is 54.6 Å². The van der Waals surface area contributed by atoms with Crippen molar-refractivity contribution in [1.82, 2.24) is 0 Å². The summed E-state index contributed by atoms with van der Waals surface area (Å²) in [5.74, 6) is -4.69. The van der Waals surface area contributed by atoms with Crippen LogP contribution in [0.4, 0.5) is 0 Å². The molecule has 0 bridgehead atoms. The molecule has 2 rings (SSSR count). The number of carbonyl (C=O) groups is 5. The van der Waals surface area contributed by atoms with Crippen LogP contribution < -0.4 is 0 Å². The maximum Gasteiger partial charge on any atom is 0.339 e. The average molecular weight is 543 g/mol. The molecule has 10 nitrogen and oxygen atoms in total. The van der Waals surface area contributed by atoms with E-state index < -0.39 is 47.6 Å². The molecule has 0 saturated heterocycles. The number of aryl methyl sites for hydroxylation is 1. The van der Waals surface area contributed by atoms with Gasteiger partial charge in [-0.3, -0.25) is 4.79 Å². The summed E-state index contributed by atoms with van der Waals surface area (Å²) >= 11 is 0. The lowest BCUT2D eigenvalue weighted by Gasteiger charge is -2.24. The van der Waals surface area contributed by atoms with Crippen LogP contribution in [0.1, 0.15) is 94.1 Å². The first-order valence-electron chi connectivity index (χ1n) is 12.8. The third-order valence-electron chi connectivity index (χ3n) is 5.61. The zero-order chi connectivity index (χ0) is 29.1. The molecule has 0 spiro atoms. The Morgan fingerprint density at radius 2 is 1.03 bits per heavy atom. The summed E-state index contributed by atoms with van der Waals surface area (Å²) < 4.78 is 26.4. The van der Waals surface area contributed by atoms with Crippen LogP contribution in [0.15, 0.2) is 24.3 Å². The van der Waals surface area contributed by atoms with Gasteiger partial charge in [0.25, 0.3) is 0 Å². The van der Waals surface area contributed by atoms with Crippen LogP contribution in [0.3, 0.4) is 0 Å². The van der Waals surface area contributed by atoms with Gasteiger partial charge in [0.1, 0.15) is 6.61 Å². The Morgan fingerprint density at radius 3 is 1.49 bits per heavy atom. The Morgan fingerprint density at radius 1 is 0.590 bits per heavy atom. The molecule has 0 aliphatic heterocycles. The number of rotatable bonds is 12. The van der Waals surface area contributed by atoms with Crippen LogP contribution in [0.25, 0.3) is 11.1 Å². The number of carbonyl (C=O) groups excluding carboxylic acids is 5. The molecule has 0 atom stereocenters. The Labute approximate surface area is 227 Å². The first-order chi connectivity index (χ1) is 18.7. The first kappa shape index (κ1) is 31.0. The van der Waals surface area contributed by atoms with Crippen LogP contribution in [0, 0.1) is 0 Å². The minimum absolute atomic E-state index is 0.0105. The molecule has 0 aromatic heterocycles. The van der Waals surface area contributed by atoms with Crippen molar-refractivity contribution in [3.8, 4) is 11.1 Å². The largest absolute Gasteiger partial charge is 0.462 e. The Balaban J connectivity index is 3.37. The average Bonchev–Trinajstić information content (AvgIpc) is 2.90. The molecular weight excluding hydrogens is 508 g/mol. The van der Waals surface area contributed by atoms with Gasteiger partial charge < -0.3 is 23.7 Å². The van der Waals surface area contributed by atoms with Gasteiger partial charge in [0, 0.05) is 18.1 Å². The van der Waals surface area contributed by atoms with Gasteiger partial charge in [-0.2, -0.15) is 0 Å². The SMILES string of the molecule is CCOC(=O)c1c(COC(C)=O)c(-c2ccccc2CC)c(C(=O)OCC)c(C(=O)OCC)c1C(=O)OCC. The highest BCUT2D eigenvalue weighted by molar-refractivity contribution is 6.19. The second-order valence-electron chi connectivity index (χ2n) is 8.03. The molecule has 2 aromatic rings. The predicted octanol–water partition coefficient (Wildman–Crippen LogP) is 4.69. The molecule has 0 N–H and O–H groups in total. The monoisotopic (exact) mass is 542 g/mol. The summed E-state index contributed by atoms with van der Waals surface area (Å²) in [6.07, 6.45) is 0.508. The van der Waals surface area contributed by atoms with Gasteiger partial charge in [-0.05, 0) is 45.2 Å². The molecule has 0 saturated carbocycles. The molecule has 10 heteroatoms. The van der Waals surface area contributed by atoms with Gasteiger partial charge in [-0.15, -0.1) is 0 Å². The predicted molar refractivity (Wildman–Crippen MR) is 141 cm³/mol. The van der Waals surface area contributed by atoms with Crippen LogP contribution in [-0.4, -0.2) is 56.3 Å². The van der Waals surface area contributed by atoms with E-state index in [1.54, 1.807) is 45.9 Å². The summed E-state index contributed by atoms with van der Waals surface area (Å²) in [4.78, 5) is 65.8. The highest BCUT2D eigenvalue weighted by Crippen LogP contribution is 2.40. The number of esters is 5. The van der Waals surface area contributed by atoms with Crippen LogP contribution in [0.5, 0.6) is 0 Å². The Kier molecular flexibility index (Phi) is 11.7. The highest BCUT2D eigenvalue weighted by Gasteiger charge is 2.39. The van der Waals surface area contributed by atoms with Crippen LogP contribution in [-0.2, 0) is 41.5 Å². The lowest BCUT2D eigenvalue weighted by atomic mass is 9.81. The summed E-state index contributed by atoms with van der Waals surface area (Å²) in [6.45, 7) is 8.50. The fourth-order valence-corrected chi connectivity index (χ4v) is 4.14.